The van der Waals surface area contributed by atoms with E-state index < -0.39 is 48.2 Å². The van der Waals surface area contributed by atoms with Crippen molar-refractivity contribution in [2.45, 2.75) is 25.6 Å². The van der Waals surface area contributed by atoms with Crippen LogP contribution in [0.2, 0.25) is 0 Å². The third-order valence-electron chi connectivity index (χ3n) is 3.72. The standard InChI is InChI=1S/C16H17F5N2O3/c1-9(7-26-8-16(19,20)21)22-15(25)10-4-14(24)23(6-10)13-3-2-11(17)5-12(13)18/h2-3,5,9-10H,4,6-8H2,1H3,(H,22,25). The quantitative estimate of drug-likeness (QED) is 0.772. The number of halogens is 5. The van der Waals surface area contributed by atoms with E-state index in [9.17, 15) is 31.5 Å². The summed E-state index contributed by atoms with van der Waals surface area (Å²) in [4.78, 5) is 25.2. The lowest BCUT2D eigenvalue weighted by Gasteiger charge is -2.19. The number of hydrogen-bond donors (Lipinski definition) is 1. The maximum atomic E-state index is 13.8. The molecule has 1 aromatic rings. The number of nitrogens with zero attached hydrogens (tertiary/aromatic N) is 1. The number of alkyl halides is 3. The second-order valence-corrected chi connectivity index (χ2v) is 6.04. The number of ether oxygens (including phenoxy) is 1. The Morgan fingerprint density at radius 1 is 1.38 bits per heavy atom. The second-order valence-electron chi connectivity index (χ2n) is 6.04. The lowest BCUT2D eigenvalue weighted by molar-refractivity contribution is -0.175. The summed E-state index contributed by atoms with van der Waals surface area (Å²) < 4.78 is 67.3. The van der Waals surface area contributed by atoms with Gasteiger partial charge in [0.25, 0.3) is 0 Å². The lowest BCUT2D eigenvalue weighted by atomic mass is 10.1. The fraction of sp³-hybridized carbons (Fsp3) is 0.500. The van der Waals surface area contributed by atoms with E-state index in [0.717, 1.165) is 17.0 Å². The Hall–Kier alpha value is -2.23. The molecule has 0 saturated carbocycles. The zero-order valence-electron chi connectivity index (χ0n) is 13.8. The van der Waals surface area contributed by atoms with Crippen molar-refractivity contribution in [3.8, 4) is 0 Å². The van der Waals surface area contributed by atoms with Gasteiger partial charge in [-0.05, 0) is 19.1 Å². The van der Waals surface area contributed by atoms with Gasteiger partial charge in [-0.15, -0.1) is 0 Å². The van der Waals surface area contributed by atoms with E-state index in [1.165, 1.54) is 6.92 Å². The van der Waals surface area contributed by atoms with Crippen LogP contribution in [0.4, 0.5) is 27.6 Å². The highest BCUT2D eigenvalue weighted by atomic mass is 19.4. The molecule has 0 spiro atoms. The number of nitrogens with one attached hydrogen (secondary N) is 1. The average molecular weight is 380 g/mol. The molecule has 5 nitrogen and oxygen atoms in total. The maximum absolute atomic E-state index is 13.8. The van der Waals surface area contributed by atoms with Crippen molar-refractivity contribution in [2.75, 3.05) is 24.7 Å². The number of rotatable bonds is 6. The predicted octanol–water partition coefficient (Wildman–Crippen LogP) is 2.40. The Morgan fingerprint density at radius 2 is 2.08 bits per heavy atom. The number of benzene rings is 1. The summed E-state index contributed by atoms with van der Waals surface area (Å²) in [5.41, 5.74) is -0.131. The molecule has 1 aliphatic rings. The molecule has 1 N–H and O–H groups in total. The summed E-state index contributed by atoms with van der Waals surface area (Å²) in [6.07, 6.45) is -4.64. The van der Waals surface area contributed by atoms with Gasteiger partial charge >= 0.3 is 6.18 Å². The van der Waals surface area contributed by atoms with Gasteiger partial charge in [-0.2, -0.15) is 13.2 Å². The fourth-order valence-electron chi connectivity index (χ4n) is 2.57. The van der Waals surface area contributed by atoms with Crippen LogP contribution >= 0.6 is 0 Å². The van der Waals surface area contributed by atoms with Gasteiger partial charge in [-0.1, -0.05) is 0 Å². The van der Waals surface area contributed by atoms with Crippen LogP contribution in [0.5, 0.6) is 0 Å². The highest BCUT2D eigenvalue weighted by molar-refractivity contribution is 6.00. The van der Waals surface area contributed by atoms with Crippen LogP contribution in [0, 0.1) is 17.6 Å². The Labute approximate surface area is 146 Å². The minimum absolute atomic E-state index is 0.108. The molecule has 1 heterocycles. The van der Waals surface area contributed by atoms with Crippen molar-refractivity contribution in [3.05, 3.63) is 29.8 Å². The van der Waals surface area contributed by atoms with E-state index in [2.05, 4.69) is 10.1 Å². The zero-order chi connectivity index (χ0) is 19.5. The highest BCUT2D eigenvalue weighted by Gasteiger charge is 2.36. The monoisotopic (exact) mass is 380 g/mol. The van der Waals surface area contributed by atoms with Gasteiger partial charge in [-0.3, -0.25) is 9.59 Å². The normalized spacial score (nSPS) is 18.9. The summed E-state index contributed by atoms with van der Waals surface area (Å²) in [5, 5.41) is 2.46. The first kappa shape index (κ1) is 20.1. The first-order valence-electron chi connectivity index (χ1n) is 7.77. The van der Waals surface area contributed by atoms with Gasteiger partial charge in [0, 0.05) is 25.1 Å². The molecule has 0 radical (unpaired) electrons. The molecule has 2 amide bonds. The summed E-state index contributed by atoms with van der Waals surface area (Å²) in [5.74, 6) is -3.56. The second kappa shape index (κ2) is 7.98. The molecule has 2 unspecified atom stereocenters. The minimum atomic E-state index is -4.46. The van der Waals surface area contributed by atoms with Crippen molar-refractivity contribution >= 4 is 17.5 Å². The van der Waals surface area contributed by atoms with E-state index in [-0.39, 0.29) is 25.3 Å². The SMILES string of the molecule is CC(COCC(F)(F)F)NC(=O)C1CC(=O)N(c2ccc(F)cc2F)C1. The van der Waals surface area contributed by atoms with E-state index >= 15 is 0 Å². The van der Waals surface area contributed by atoms with Crippen LogP contribution in [0.15, 0.2) is 18.2 Å². The van der Waals surface area contributed by atoms with Crippen LogP contribution in [0.1, 0.15) is 13.3 Å². The van der Waals surface area contributed by atoms with Crippen molar-refractivity contribution < 1.29 is 36.3 Å². The molecule has 0 aliphatic carbocycles. The highest BCUT2D eigenvalue weighted by Crippen LogP contribution is 2.28. The van der Waals surface area contributed by atoms with Crippen LogP contribution < -0.4 is 10.2 Å². The van der Waals surface area contributed by atoms with Gasteiger partial charge in [0.1, 0.15) is 18.2 Å². The number of carbonyl (C=O) groups is 2. The molecule has 144 valence electrons. The average Bonchev–Trinajstić information content (AvgIpc) is 2.88. The van der Waals surface area contributed by atoms with Crippen LogP contribution in [-0.2, 0) is 14.3 Å². The first-order valence-corrected chi connectivity index (χ1v) is 7.77. The smallest absolute Gasteiger partial charge is 0.370 e. The molecule has 1 fully saturated rings. The summed E-state index contributed by atoms with van der Waals surface area (Å²) in [6, 6.07) is 2.04. The van der Waals surface area contributed by atoms with Crippen molar-refractivity contribution in [2.24, 2.45) is 5.92 Å². The van der Waals surface area contributed by atoms with Crippen molar-refractivity contribution in [1.29, 1.82) is 0 Å². The van der Waals surface area contributed by atoms with Gasteiger partial charge in [0.15, 0.2) is 0 Å². The molecule has 0 bridgehead atoms. The Morgan fingerprint density at radius 3 is 2.69 bits per heavy atom. The number of hydrogen-bond acceptors (Lipinski definition) is 3. The molecular formula is C16H17F5N2O3. The van der Waals surface area contributed by atoms with Crippen LogP contribution in [0.25, 0.3) is 0 Å². The molecule has 1 aliphatic heterocycles. The number of anilines is 1. The molecule has 10 heteroatoms. The van der Waals surface area contributed by atoms with E-state index in [0.29, 0.717) is 6.07 Å². The molecule has 2 atom stereocenters. The zero-order valence-corrected chi connectivity index (χ0v) is 13.8. The van der Waals surface area contributed by atoms with Gasteiger partial charge in [0.05, 0.1) is 18.2 Å². The molecule has 2 rings (SSSR count). The Bertz CT molecular complexity index is 680. The van der Waals surface area contributed by atoms with Gasteiger partial charge < -0.3 is 15.0 Å². The topological polar surface area (TPSA) is 58.6 Å². The predicted molar refractivity (Wildman–Crippen MR) is 81.3 cm³/mol. The van der Waals surface area contributed by atoms with Crippen LogP contribution in [0.3, 0.4) is 0 Å². The van der Waals surface area contributed by atoms with Crippen LogP contribution in [-0.4, -0.2) is 43.8 Å². The Kier molecular flexibility index (Phi) is 6.17. The summed E-state index contributed by atoms with van der Waals surface area (Å²) in [6.45, 7) is -0.416. The van der Waals surface area contributed by atoms with E-state index in [1.807, 2.05) is 0 Å². The number of amides is 2. The van der Waals surface area contributed by atoms with E-state index in [4.69, 9.17) is 0 Å². The molecule has 0 aromatic heterocycles. The summed E-state index contributed by atoms with van der Waals surface area (Å²) in [7, 11) is 0. The Balaban J connectivity index is 1.90. The summed E-state index contributed by atoms with van der Waals surface area (Å²) >= 11 is 0. The maximum Gasteiger partial charge on any atom is 0.411 e. The lowest BCUT2D eigenvalue weighted by Crippen LogP contribution is -2.41. The van der Waals surface area contributed by atoms with Crippen molar-refractivity contribution in [1.82, 2.24) is 5.32 Å². The minimum Gasteiger partial charge on any atom is -0.370 e. The molecular weight excluding hydrogens is 363 g/mol. The largest absolute Gasteiger partial charge is 0.411 e. The molecule has 26 heavy (non-hydrogen) atoms. The van der Waals surface area contributed by atoms with Gasteiger partial charge in [0.2, 0.25) is 11.8 Å². The first-order chi connectivity index (χ1) is 12.1. The third kappa shape index (κ3) is 5.38. The molecule has 1 aromatic carbocycles. The van der Waals surface area contributed by atoms with E-state index in [1.54, 1.807) is 0 Å². The molecule has 1 saturated heterocycles. The fourth-order valence-corrected chi connectivity index (χ4v) is 2.57. The third-order valence-corrected chi connectivity index (χ3v) is 3.72. The van der Waals surface area contributed by atoms with Crippen molar-refractivity contribution in [3.63, 3.8) is 0 Å². The van der Waals surface area contributed by atoms with Gasteiger partial charge in [-0.25, -0.2) is 8.78 Å². The number of carbonyl (C=O) groups excluding carboxylic acids is 2.